The maximum absolute atomic E-state index is 5.93. The van der Waals surface area contributed by atoms with E-state index in [4.69, 9.17) is 4.74 Å². The first-order chi connectivity index (χ1) is 10.7. The maximum atomic E-state index is 5.93. The van der Waals surface area contributed by atoms with Crippen LogP contribution in [0.1, 0.15) is 38.2 Å². The Bertz CT molecular complexity index is 416. The Labute approximate surface area is 149 Å². The summed E-state index contributed by atoms with van der Waals surface area (Å²) in [4.78, 5) is 2.65. The van der Waals surface area contributed by atoms with E-state index in [9.17, 15) is 0 Å². The fourth-order valence-electron chi connectivity index (χ4n) is 2.95. The van der Waals surface area contributed by atoms with Crippen LogP contribution in [-0.4, -0.2) is 46.8 Å². The third-order valence-corrected chi connectivity index (χ3v) is 5.36. The number of rotatable bonds is 8. The van der Waals surface area contributed by atoms with Gasteiger partial charge in [0.1, 0.15) is 12.4 Å². The number of piperidine rings is 1. The van der Waals surface area contributed by atoms with Gasteiger partial charge in [0.25, 0.3) is 0 Å². The van der Waals surface area contributed by atoms with Crippen LogP contribution in [0.25, 0.3) is 0 Å². The standard InChI is InChI=1S/C18H29IN2O/c1-3-4-11-20(17-9-12-21(19)13-10-17)14-15-22-18-7-5-16(2)6-8-18/h5-8,17H,3-4,9-15H2,1-2H3. The number of unbranched alkanes of at least 4 members (excludes halogenated alkanes) is 1. The van der Waals surface area contributed by atoms with Crippen molar-refractivity contribution in [3.05, 3.63) is 29.8 Å². The predicted octanol–water partition coefficient (Wildman–Crippen LogP) is 4.29. The van der Waals surface area contributed by atoms with Crippen LogP contribution in [0, 0.1) is 6.92 Å². The lowest BCUT2D eigenvalue weighted by atomic mass is 10.0. The van der Waals surface area contributed by atoms with Gasteiger partial charge in [0.15, 0.2) is 0 Å². The molecule has 0 N–H and O–H groups in total. The topological polar surface area (TPSA) is 15.7 Å². The lowest BCUT2D eigenvalue weighted by Crippen LogP contribution is -2.44. The molecule has 0 aliphatic carbocycles. The van der Waals surface area contributed by atoms with Crippen molar-refractivity contribution >= 4 is 22.9 Å². The van der Waals surface area contributed by atoms with E-state index in [0.717, 1.165) is 24.9 Å². The quantitative estimate of drug-likeness (QED) is 0.465. The first-order valence-corrected chi connectivity index (χ1v) is 9.49. The molecule has 1 saturated heterocycles. The first-order valence-electron chi connectivity index (χ1n) is 8.53. The molecule has 22 heavy (non-hydrogen) atoms. The molecule has 0 saturated carbocycles. The van der Waals surface area contributed by atoms with Gasteiger partial charge in [0.2, 0.25) is 0 Å². The number of nitrogens with zero attached hydrogens (tertiary/aromatic N) is 2. The highest BCUT2D eigenvalue weighted by atomic mass is 127. The third kappa shape index (κ3) is 6.05. The molecule has 1 heterocycles. The zero-order valence-corrected chi connectivity index (χ0v) is 16.1. The molecule has 0 radical (unpaired) electrons. The SMILES string of the molecule is CCCCN(CCOc1ccc(C)cc1)C1CCN(I)CC1. The van der Waals surface area contributed by atoms with Crippen molar-refractivity contribution in [2.24, 2.45) is 0 Å². The minimum absolute atomic E-state index is 0.735. The van der Waals surface area contributed by atoms with E-state index in [2.05, 4.69) is 69.0 Å². The van der Waals surface area contributed by atoms with Gasteiger partial charge < -0.3 is 4.74 Å². The van der Waals surface area contributed by atoms with Crippen LogP contribution in [-0.2, 0) is 0 Å². The summed E-state index contributed by atoms with van der Waals surface area (Å²) in [6.45, 7) is 9.85. The van der Waals surface area contributed by atoms with Crippen LogP contribution in [0.2, 0.25) is 0 Å². The monoisotopic (exact) mass is 416 g/mol. The zero-order chi connectivity index (χ0) is 15.8. The number of ether oxygens (including phenoxy) is 1. The average Bonchev–Trinajstić information content (AvgIpc) is 2.53. The Morgan fingerprint density at radius 3 is 2.50 bits per heavy atom. The van der Waals surface area contributed by atoms with Gasteiger partial charge in [-0.1, -0.05) is 31.0 Å². The second-order valence-electron chi connectivity index (χ2n) is 6.19. The molecule has 0 amide bonds. The summed E-state index contributed by atoms with van der Waals surface area (Å²) in [5, 5.41) is 0. The van der Waals surface area contributed by atoms with Crippen LogP contribution >= 0.6 is 22.9 Å². The van der Waals surface area contributed by atoms with E-state index in [1.165, 1.54) is 50.9 Å². The summed E-state index contributed by atoms with van der Waals surface area (Å²) in [5.41, 5.74) is 1.28. The lowest BCUT2D eigenvalue weighted by Gasteiger charge is -2.36. The molecule has 124 valence electrons. The van der Waals surface area contributed by atoms with Crippen LogP contribution in [0.4, 0.5) is 0 Å². The van der Waals surface area contributed by atoms with E-state index >= 15 is 0 Å². The molecule has 1 fully saturated rings. The molecule has 0 unspecified atom stereocenters. The molecule has 0 bridgehead atoms. The first kappa shape index (κ1) is 18.0. The van der Waals surface area contributed by atoms with Gasteiger partial charge in [-0.15, -0.1) is 0 Å². The summed E-state index contributed by atoms with van der Waals surface area (Å²) in [6.07, 6.45) is 5.13. The minimum atomic E-state index is 0.735. The molecule has 1 aliphatic rings. The highest BCUT2D eigenvalue weighted by Gasteiger charge is 2.23. The Morgan fingerprint density at radius 1 is 1.18 bits per heavy atom. The number of benzene rings is 1. The molecule has 3 nitrogen and oxygen atoms in total. The maximum Gasteiger partial charge on any atom is 0.119 e. The summed E-state index contributed by atoms with van der Waals surface area (Å²) in [5.74, 6) is 0.989. The number of halogens is 1. The van der Waals surface area contributed by atoms with Crippen LogP contribution < -0.4 is 4.74 Å². The number of hydrogen-bond acceptors (Lipinski definition) is 3. The Balaban J connectivity index is 1.79. The van der Waals surface area contributed by atoms with Gasteiger partial charge >= 0.3 is 0 Å². The molecule has 4 heteroatoms. The van der Waals surface area contributed by atoms with Crippen LogP contribution in [0.5, 0.6) is 5.75 Å². The Kier molecular flexibility index (Phi) is 7.97. The van der Waals surface area contributed by atoms with Crippen molar-refractivity contribution in [2.45, 2.75) is 45.6 Å². The summed E-state index contributed by atoms with van der Waals surface area (Å²) in [6, 6.07) is 9.10. The third-order valence-electron chi connectivity index (χ3n) is 4.39. The molecule has 1 aliphatic heterocycles. The van der Waals surface area contributed by atoms with Crippen molar-refractivity contribution in [3.63, 3.8) is 0 Å². The number of aryl methyl sites for hydroxylation is 1. The molecule has 0 aromatic heterocycles. The highest BCUT2D eigenvalue weighted by molar-refractivity contribution is 14.1. The minimum Gasteiger partial charge on any atom is -0.492 e. The highest BCUT2D eigenvalue weighted by Crippen LogP contribution is 2.19. The van der Waals surface area contributed by atoms with E-state index in [-0.39, 0.29) is 0 Å². The molecule has 1 aromatic rings. The van der Waals surface area contributed by atoms with Gasteiger partial charge in [-0.25, -0.2) is 3.11 Å². The van der Waals surface area contributed by atoms with Crippen molar-refractivity contribution in [1.29, 1.82) is 0 Å². The number of hydrogen-bond donors (Lipinski definition) is 0. The largest absolute Gasteiger partial charge is 0.492 e. The van der Waals surface area contributed by atoms with Crippen LogP contribution in [0.15, 0.2) is 24.3 Å². The lowest BCUT2D eigenvalue weighted by molar-refractivity contribution is 0.122. The summed E-state index contributed by atoms with van der Waals surface area (Å²) < 4.78 is 8.34. The van der Waals surface area contributed by atoms with Gasteiger partial charge in [-0.2, -0.15) is 0 Å². The van der Waals surface area contributed by atoms with Crippen molar-refractivity contribution in [3.8, 4) is 5.75 Å². The molecule has 0 spiro atoms. The van der Waals surface area contributed by atoms with Gasteiger partial charge in [-0.3, -0.25) is 4.90 Å². The van der Waals surface area contributed by atoms with E-state index < -0.39 is 0 Å². The normalized spacial score (nSPS) is 17.1. The van der Waals surface area contributed by atoms with Gasteiger partial charge in [0, 0.05) is 48.5 Å². The van der Waals surface area contributed by atoms with Crippen molar-refractivity contribution < 1.29 is 4.74 Å². The zero-order valence-electron chi connectivity index (χ0n) is 13.9. The fourth-order valence-corrected chi connectivity index (χ4v) is 3.51. The van der Waals surface area contributed by atoms with E-state index in [1.54, 1.807) is 0 Å². The smallest absolute Gasteiger partial charge is 0.119 e. The van der Waals surface area contributed by atoms with Gasteiger partial charge in [-0.05, 0) is 44.9 Å². The van der Waals surface area contributed by atoms with E-state index in [0.29, 0.717) is 0 Å². The van der Waals surface area contributed by atoms with E-state index in [1.807, 2.05) is 0 Å². The summed E-state index contributed by atoms with van der Waals surface area (Å²) in [7, 11) is 0. The van der Waals surface area contributed by atoms with Crippen molar-refractivity contribution in [2.75, 3.05) is 32.8 Å². The second-order valence-corrected chi connectivity index (χ2v) is 7.56. The molecular weight excluding hydrogens is 387 g/mol. The molecule has 2 rings (SSSR count). The molecular formula is C18H29IN2O. The second kappa shape index (κ2) is 9.73. The van der Waals surface area contributed by atoms with Gasteiger partial charge in [0.05, 0.1) is 0 Å². The predicted molar refractivity (Wildman–Crippen MR) is 102 cm³/mol. The average molecular weight is 416 g/mol. The molecule has 1 aromatic carbocycles. The summed E-state index contributed by atoms with van der Waals surface area (Å²) >= 11 is 2.45. The van der Waals surface area contributed by atoms with Crippen LogP contribution in [0.3, 0.4) is 0 Å². The Morgan fingerprint density at radius 2 is 1.86 bits per heavy atom. The molecule has 0 atom stereocenters. The Hall–Kier alpha value is -0.330. The fraction of sp³-hybridized carbons (Fsp3) is 0.667. The van der Waals surface area contributed by atoms with Crippen molar-refractivity contribution in [1.82, 2.24) is 8.01 Å².